The van der Waals surface area contributed by atoms with Crippen molar-refractivity contribution in [1.82, 2.24) is 20.5 Å². The van der Waals surface area contributed by atoms with Crippen LogP contribution in [-0.4, -0.2) is 57.4 Å². The molecule has 3 aromatic rings. The van der Waals surface area contributed by atoms with Crippen molar-refractivity contribution in [3.8, 4) is 10.4 Å². The SMILES string of the molecule is Cc1ncsc1-c1ccc(C(C)NC(=O)[C@@H]2C[C@@H](O)CN2C(=O)C(NC(=O)Cc2ccc(Br)cc2)C(C)(C)C)cc1. The molecule has 3 amide bonds. The van der Waals surface area contributed by atoms with E-state index in [0.29, 0.717) is 0 Å². The molecule has 3 N–H and O–H groups in total. The highest BCUT2D eigenvalue weighted by atomic mass is 79.9. The molecule has 0 spiro atoms. The Hall–Kier alpha value is -3.08. The van der Waals surface area contributed by atoms with E-state index in [1.807, 2.05) is 88.7 Å². The van der Waals surface area contributed by atoms with Crippen LogP contribution in [0.5, 0.6) is 0 Å². The van der Waals surface area contributed by atoms with Crippen molar-refractivity contribution < 1.29 is 19.5 Å². The van der Waals surface area contributed by atoms with Gasteiger partial charge in [-0.3, -0.25) is 14.4 Å². The molecule has 4 rings (SSSR count). The molecule has 0 saturated carbocycles. The lowest BCUT2D eigenvalue weighted by atomic mass is 9.85. The van der Waals surface area contributed by atoms with Crippen LogP contribution in [0, 0.1) is 12.3 Å². The first-order valence-corrected chi connectivity index (χ1v) is 15.3. The van der Waals surface area contributed by atoms with Crippen molar-refractivity contribution in [2.75, 3.05) is 6.54 Å². The number of halogens is 1. The zero-order valence-electron chi connectivity index (χ0n) is 24.0. The number of aromatic nitrogens is 1. The zero-order valence-corrected chi connectivity index (χ0v) is 26.4. The number of carbonyl (C=O) groups is 3. The Morgan fingerprint density at radius 2 is 1.76 bits per heavy atom. The number of aryl methyl sites for hydroxylation is 1. The Bertz CT molecular complexity index is 1380. The highest BCUT2D eigenvalue weighted by Crippen LogP contribution is 2.29. The van der Waals surface area contributed by atoms with Crippen LogP contribution in [0.15, 0.2) is 58.5 Å². The Morgan fingerprint density at radius 1 is 1.10 bits per heavy atom. The number of amides is 3. The number of nitrogens with zero attached hydrogens (tertiary/aromatic N) is 2. The molecule has 2 unspecified atom stereocenters. The number of benzene rings is 2. The van der Waals surface area contributed by atoms with Crippen molar-refractivity contribution >= 4 is 45.0 Å². The van der Waals surface area contributed by atoms with Gasteiger partial charge < -0.3 is 20.6 Å². The molecule has 1 aliphatic heterocycles. The quantitative estimate of drug-likeness (QED) is 0.328. The van der Waals surface area contributed by atoms with Gasteiger partial charge in [0.1, 0.15) is 12.1 Å². The molecule has 2 aromatic carbocycles. The third kappa shape index (κ3) is 7.61. The van der Waals surface area contributed by atoms with Gasteiger partial charge >= 0.3 is 0 Å². The van der Waals surface area contributed by atoms with E-state index in [1.54, 1.807) is 11.3 Å². The summed E-state index contributed by atoms with van der Waals surface area (Å²) in [7, 11) is 0. The summed E-state index contributed by atoms with van der Waals surface area (Å²) < 4.78 is 0.915. The average Bonchev–Trinajstić information content (AvgIpc) is 3.53. The highest BCUT2D eigenvalue weighted by Gasteiger charge is 2.44. The smallest absolute Gasteiger partial charge is 0.246 e. The fraction of sp³-hybridized carbons (Fsp3) is 0.419. The Balaban J connectivity index is 1.44. The van der Waals surface area contributed by atoms with Crippen molar-refractivity contribution in [2.45, 2.75) is 71.7 Å². The topological polar surface area (TPSA) is 112 Å². The van der Waals surface area contributed by atoms with Crippen LogP contribution < -0.4 is 10.6 Å². The van der Waals surface area contributed by atoms with E-state index in [-0.39, 0.29) is 43.1 Å². The summed E-state index contributed by atoms with van der Waals surface area (Å²) in [5.74, 6) is -0.999. The van der Waals surface area contributed by atoms with Gasteiger partial charge in [-0.05, 0) is 48.1 Å². The third-order valence-electron chi connectivity index (χ3n) is 7.34. The maximum Gasteiger partial charge on any atom is 0.246 e. The monoisotopic (exact) mass is 640 g/mol. The van der Waals surface area contributed by atoms with E-state index < -0.39 is 23.6 Å². The number of hydrogen-bond donors (Lipinski definition) is 3. The minimum atomic E-state index is -0.869. The number of carbonyl (C=O) groups excluding carboxylic acids is 3. The van der Waals surface area contributed by atoms with Gasteiger partial charge in [0.05, 0.1) is 34.6 Å². The molecular formula is C31H37BrN4O4S. The van der Waals surface area contributed by atoms with Gasteiger partial charge in [0.25, 0.3) is 0 Å². The largest absolute Gasteiger partial charge is 0.391 e. The number of aliphatic hydroxyl groups is 1. The van der Waals surface area contributed by atoms with E-state index in [4.69, 9.17) is 0 Å². The van der Waals surface area contributed by atoms with Gasteiger partial charge in [-0.15, -0.1) is 11.3 Å². The number of thiazole rings is 1. The second-order valence-corrected chi connectivity index (χ2v) is 13.5. The van der Waals surface area contributed by atoms with E-state index in [9.17, 15) is 19.5 Å². The van der Waals surface area contributed by atoms with E-state index in [2.05, 4.69) is 31.5 Å². The average molecular weight is 642 g/mol. The predicted octanol–water partition coefficient (Wildman–Crippen LogP) is 4.79. The number of nitrogens with one attached hydrogen (secondary N) is 2. The highest BCUT2D eigenvalue weighted by molar-refractivity contribution is 9.10. The zero-order chi connectivity index (χ0) is 29.9. The molecule has 218 valence electrons. The minimum absolute atomic E-state index is 0.0311. The summed E-state index contributed by atoms with van der Waals surface area (Å²) in [6, 6.07) is 13.4. The maximum absolute atomic E-state index is 13.8. The van der Waals surface area contributed by atoms with Crippen LogP contribution in [0.3, 0.4) is 0 Å². The number of β-amino-alcohol motifs (C(OH)–C–C–N with tert-alkyl or cyclic N) is 1. The standard InChI is InChI=1S/C31H37BrN4O4S/c1-18(21-8-10-22(11-9-21)27-19(2)33-17-41-27)34-29(39)25-15-24(37)16-36(25)30(40)28(31(3,4)5)35-26(38)14-20-6-12-23(32)13-7-20/h6-13,17-18,24-25,28,37H,14-16H2,1-5H3,(H,34,39)(H,35,38)/t18?,24-,25+,28?/m1/s1. The predicted molar refractivity (Wildman–Crippen MR) is 164 cm³/mol. The molecule has 10 heteroatoms. The first-order valence-electron chi connectivity index (χ1n) is 13.7. The third-order valence-corrected chi connectivity index (χ3v) is 8.84. The van der Waals surface area contributed by atoms with Gasteiger partial charge in [0.2, 0.25) is 17.7 Å². The van der Waals surface area contributed by atoms with Crippen molar-refractivity contribution in [3.63, 3.8) is 0 Å². The Labute approximate surface area is 253 Å². The van der Waals surface area contributed by atoms with Crippen molar-refractivity contribution in [1.29, 1.82) is 0 Å². The van der Waals surface area contributed by atoms with Crippen LogP contribution in [0.1, 0.15) is 57.0 Å². The van der Waals surface area contributed by atoms with Crippen molar-refractivity contribution in [3.05, 3.63) is 75.3 Å². The summed E-state index contributed by atoms with van der Waals surface area (Å²) >= 11 is 4.98. The summed E-state index contributed by atoms with van der Waals surface area (Å²) in [6.07, 6.45) is -0.568. The number of likely N-dealkylation sites (tertiary alicyclic amines) is 1. The first-order chi connectivity index (χ1) is 19.3. The molecule has 1 saturated heterocycles. The van der Waals surface area contributed by atoms with Crippen LogP contribution in [0.4, 0.5) is 0 Å². The number of rotatable bonds is 8. The minimum Gasteiger partial charge on any atom is -0.391 e. The molecule has 4 atom stereocenters. The maximum atomic E-state index is 13.8. The molecule has 1 aliphatic rings. The normalized spacial score (nSPS) is 18.6. The van der Waals surface area contributed by atoms with Crippen molar-refractivity contribution in [2.24, 2.45) is 5.41 Å². The Kier molecular flexibility index (Phi) is 9.66. The van der Waals surface area contributed by atoms with Crippen LogP contribution >= 0.6 is 27.3 Å². The van der Waals surface area contributed by atoms with Gasteiger partial charge in [0.15, 0.2) is 0 Å². The molecule has 0 bridgehead atoms. The lowest BCUT2D eigenvalue weighted by Crippen LogP contribution is -2.58. The fourth-order valence-corrected chi connectivity index (χ4v) is 6.09. The molecular weight excluding hydrogens is 604 g/mol. The van der Waals surface area contributed by atoms with E-state index in [1.165, 1.54) is 4.90 Å². The van der Waals surface area contributed by atoms with Crippen LogP contribution in [0.25, 0.3) is 10.4 Å². The second kappa shape index (κ2) is 12.8. The lowest BCUT2D eigenvalue weighted by Gasteiger charge is -2.35. The second-order valence-electron chi connectivity index (χ2n) is 11.7. The van der Waals surface area contributed by atoms with Crippen LogP contribution in [0.2, 0.25) is 0 Å². The van der Waals surface area contributed by atoms with Gasteiger partial charge in [-0.1, -0.05) is 73.1 Å². The van der Waals surface area contributed by atoms with Crippen LogP contribution in [-0.2, 0) is 20.8 Å². The fourth-order valence-electron chi connectivity index (χ4n) is 5.02. The molecule has 41 heavy (non-hydrogen) atoms. The molecule has 0 aliphatic carbocycles. The van der Waals surface area contributed by atoms with Gasteiger partial charge in [-0.25, -0.2) is 4.98 Å². The molecule has 1 fully saturated rings. The first kappa shape index (κ1) is 30.9. The van der Waals surface area contributed by atoms with E-state index in [0.717, 1.165) is 31.7 Å². The molecule has 2 heterocycles. The summed E-state index contributed by atoms with van der Waals surface area (Å²) in [5.41, 5.74) is 5.00. The number of aliphatic hydroxyl groups excluding tert-OH is 1. The summed E-state index contributed by atoms with van der Waals surface area (Å²) in [4.78, 5) is 47.0. The van der Waals surface area contributed by atoms with Gasteiger partial charge in [0, 0.05) is 17.4 Å². The number of hydrogen-bond acceptors (Lipinski definition) is 6. The Morgan fingerprint density at radius 3 is 2.34 bits per heavy atom. The molecule has 0 radical (unpaired) electrons. The summed E-state index contributed by atoms with van der Waals surface area (Å²) in [5, 5.41) is 16.4. The van der Waals surface area contributed by atoms with Gasteiger partial charge in [-0.2, -0.15) is 0 Å². The lowest BCUT2D eigenvalue weighted by molar-refractivity contribution is -0.144. The van der Waals surface area contributed by atoms with E-state index >= 15 is 0 Å². The summed E-state index contributed by atoms with van der Waals surface area (Å²) in [6.45, 7) is 9.51. The molecule has 1 aromatic heterocycles. The molecule has 8 nitrogen and oxygen atoms in total.